The van der Waals surface area contributed by atoms with Crippen molar-refractivity contribution < 1.29 is 9.59 Å². The quantitative estimate of drug-likeness (QED) is 0.594. The first kappa shape index (κ1) is 8.69. The Labute approximate surface area is 77.1 Å². The van der Waals surface area contributed by atoms with Gasteiger partial charge in [0.2, 0.25) is 11.8 Å². The minimum atomic E-state index is -0.270. The Bertz CT molecular complexity index is 236. The summed E-state index contributed by atoms with van der Waals surface area (Å²) >= 11 is 0. The third kappa shape index (κ3) is 1.88. The van der Waals surface area contributed by atoms with E-state index in [9.17, 15) is 9.59 Å². The van der Waals surface area contributed by atoms with Gasteiger partial charge in [0, 0.05) is 0 Å². The van der Waals surface area contributed by atoms with Crippen LogP contribution in [0.3, 0.4) is 0 Å². The van der Waals surface area contributed by atoms with Crippen molar-refractivity contribution in [3.05, 3.63) is 0 Å². The van der Waals surface area contributed by atoms with E-state index in [1.54, 1.807) is 0 Å². The van der Waals surface area contributed by atoms with Crippen LogP contribution in [0.25, 0.3) is 0 Å². The second-order valence-electron chi connectivity index (χ2n) is 3.87. The van der Waals surface area contributed by atoms with Crippen LogP contribution in [-0.4, -0.2) is 24.4 Å². The average molecular weight is 182 g/mol. The molecule has 2 N–H and O–H groups in total. The van der Waals surface area contributed by atoms with Gasteiger partial charge in [-0.25, -0.2) is 0 Å². The second-order valence-corrected chi connectivity index (χ2v) is 3.87. The van der Waals surface area contributed by atoms with Crippen LogP contribution in [0.15, 0.2) is 0 Å². The molecule has 2 rings (SSSR count). The van der Waals surface area contributed by atoms with Crippen LogP contribution in [0.4, 0.5) is 0 Å². The predicted molar refractivity (Wildman–Crippen MR) is 46.9 cm³/mol. The molecule has 0 spiro atoms. The molecule has 0 aromatic carbocycles. The van der Waals surface area contributed by atoms with E-state index in [2.05, 4.69) is 10.6 Å². The molecule has 2 amide bonds. The molecule has 0 aromatic heterocycles. The Morgan fingerprint density at radius 1 is 1.38 bits per heavy atom. The molecule has 0 aromatic rings. The maximum absolute atomic E-state index is 11.1. The first-order chi connectivity index (χ1) is 6.25. The lowest BCUT2D eigenvalue weighted by Gasteiger charge is -2.26. The van der Waals surface area contributed by atoms with Crippen LogP contribution in [0.1, 0.15) is 25.7 Å². The predicted octanol–water partition coefficient (Wildman–Crippen LogP) is -0.209. The van der Waals surface area contributed by atoms with Crippen LogP contribution in [0, 0.1) is 5.92 Å². The third-order valence-corrected chi connectivity index (χ3v) is 2.85. The fraction of sp³-hybridized carbons (Fsp3) is 0.778. The third-order valence-electron chi connectivity index (χ3n) is 2.85. The van der Waals surface area contributed by atoms with E-state index < -0.39 is 0 Å². The van der Waals surface area contributed by atoms with E-state index in [0.717, 1.165) is 12.5 Å². The van der Waals surface area contributed by atoms with Crippen LogP contribution >= 0.6 is 0 Å². The summed E-state index contributed by atoms with van der Waals surface area (Å²) in [7, 11) is 0. The highest BCUT2D eigenvalue weighted by Gasteiger charge is 2.30. The summed E-state index contributed by atoms with van der Waals surface area (Å²) in [4.78, 5) is 21.9. The zero-order valence-electron chi connectivity index (χ0n) is 7.51. The van der Waals surface area contributed by atoms with Crippen LogP contribution in [0.5, 0.6) is 0 Å². The smallest absolute Gasteiger partial charge is 0.244 e. The zero-order chi connectivity index (χ0) is 9.26. The number of rotatable bonds is 3. The first-order valence-corrected chi connectivity index (χ1v) is 4.83. The van der Waals surface area contributed by atoms with E-state index >= 15 is 0 Å². The summed E-state index contributed by atoms with van der Waals surface area (Å²) in [6, 6.07) is -0.270. The van der Waals surface area contributed by atoms with E-state index in [4.69, 9.17) is 0 Å². The molecule has 13 heavy (non-hydrogen) atoms. The largest absolute Gasteiger partial charge is 0.305 e. The van der Waals surface area contributed by atoms with Crippen LogP contribution < -0.4 is 10.6 Å². The molecule has 72 valence electrons. The van der Waals surface area contributed by atoms with Crippen molar-refractivity contribution in [2.75, 3.05) is 6.54 Å². The van der Waals surface area contributed by atoms with Gasteiger partial charge < -0.3 is 5.32 Å². The SMILES string of the molecule is O=C1CC(NCC2CCC2)C(=O)N1. The minimum absolute atomic E-state index is 0.156. The Hall–Kier alpha value is -0.900. The average Bonchev–Trinajstić information content (AvgIpc) is 2.27. The lowest BCUT2D eigenvalue weighted by atomic mass is 9.85. The second kappa shape index (κ2) is 3.46. The Balaban J connectivity index is 1.74. The fourth-order valence-electron chi connectivity index (χ4n) is 1.72. The molecule has 4 nitrogen and oxygen atoms in total. The number of carbonyl (C=O) groups is 2. The lowest BCUT2D eigenvalue weighted by molar-refractivity contribution is -0.125. The highest BCUT2D eigenvalue weighted by Crippen LogP contribution is 2.25. The number of hydrogen-bond acceptors (Lipinski definition) is 3. The molecule has 1 saturated carbocycles. The fourth-order valence-corrected chi connectivity index (χ4v) is 1.72. The molecule has 0 bridgehead atoms. The monoisotopic (exact) mass is 182 g/mol. The number of carbonyl (C=O) groups excluding carboxylic acids is 2. The molecule has 2 aliphatic rings. The van der Waals surface area contributed by atoms with E-state index in [1.807, 2.05) is 0 Å². The summed E-state index contributed by atoms with van der Waals surface area (Å²) in [5.41, 5.74) is 0. The van der Waals surface area contributed by atoms with Gasteiger partial charge in [-0.2, -0.15) is 0 Å². The van der Waals surface area contributed by atoms with Crippen molar-refractivity contribution in [1.29, 1.82) is 0 Å². The summed E-state index contributed by atoms with van der Waals surface area (Å²) in [6.45, 7) is 0.880. The Kier molecular flexibility index (Phi) is 2.31. The Morgan fingerprint density at radius 3 is 2.62 bits per heavy atom. The van der Waals surface area contributed by atoms with E-state index in [0.29, 0.717) is 6.42 Å². The van der Waals surface area contributed by atoms with Gasteiger partial charge in [0.1, 0.15) is 0 Å². The summed E-state index contributed by atoms with van der Waals surface area (Å²) in [5.74, 6) is 0.406. The molecule has 1 heterocycles. The van der Waals surface area contributed by atoms with Crippen molar-refractivity contribution in [2.24, 2.45) is 5.92 Å². The van der Waals surface area contributed by atoms with Gasteiger partial charge in [-0.05, 0) is 25.3 Å². The standard InChI is InChI=1S/C9H14N2O2/c12-8-4-7(9(13)11-8)10-5-6-2-1-3-6/h6-7,10H,1-5H2,(H,11,12,13). The number of amides is 2. The molecule has 1 unspecified atom stereocenters. The van der Waals surface area contributed by atoms with E-state index in [1.165, 1.54) is 19.3 Å². The molecule has 1 saturated heterocycles. The van der Waals surface area contributed by atoms with Gasteiger partial charge in [0.05, 0.1) is 12.5 Å². The number of hydrogen-bond donors (Lipinski definition) is 2. The van der Waals surface area contributed by atoms with Crippen molar-refractivity contribution in [1.82, 2.24) is 10.6 Å². The molecule has 1 aliphatic carbocycles. The highest BCUT2D eigenvalue weighted by molar-refractivity contribution is 6.05. The maximum Gasteiger partial charge on any atom is 0.244 e. The van der Waals surface area contributed by atoms with Gasteiger partial charge in [0.15, 0.2) is 0 Å². The van der Waals surface area contributed by atoms with E-state index in [-0.39, 0.29) is 17.9 Å². The number of nitrogens with one attached hydrogen (secondary N) is 2. The van der Waals surface area contributed by atoms with Crippen LogP contribution in [0.2, 0.25) is 0 Å². The number of imide groups is 1. The van der Waals surface area contributed by atoms with Gasteiger partial charge in [-0.15, -0.1) is 0 Å². The highest BCUT2D eigenvalue weighted by atomic mass is 16.2. The van der Waals surface area contributed by atoms with Gasteiger partial charge in [-0.3, -0.25) is 14.9 Å². The molecular weight excluding hydrogens is 168 g/mol. The maximum atomic E-state index is 11.1. The van der Waals surface area contributed by atoms with Crippen molar-refractivity contribution in [2.45, 2.75) is 31.7 Å². The molecule has 4 heteroatoms. The lowest BCUT2D eigenvalue weighted by Crippen LogP contribution is -2.40. The van der Waals surface area contributed by atoms with Crippen LogP contribution in [-0.2, 0) is 9.59 Å². The Morgan fingerprint density at radius 2 is 2.15 bits per heavy atom. The normalized spacial score (nSPS) is 28.8. The molecular formula is C9H14N2O2. The van der Waals surface area contributed by atoms with Gasteiger partial charge >= 0.3 is 0 Å². The molecule has 2 fully saturated rings. The summed E-state index contributed by atoms with van der Waals surface area (Å²) < 4.78 is 0. The topological polar surface area (TPSA) is 58.2 Å². The first-order valence-electron chi connectivity index (χ1n) is 4.83. The summed E-state index contributed by atoms with van der Waals surface area (Å²) in [5, 5.41) is 5.42. The molecule has 1 aliphatic heterocycles. The zero-order valence-corrected chi connectivity index (χ0v) is 7.51. The van der Waals surface area contributed by atoms with Gasteiger partial charge in [0.25, 0.3) is 0 Å². The summed E-state index contributed by atoms with van der Waals surface area (Å²) in [6.07, 6.45) is 4.14. The van der Waals surface area contributed by atoms with Crippen molar-refractivity contribution in [3.63, 3.8) is 0 Å². The molecule has 1 atom stereocenters. The van der Waals surface area contributed by atoms with Gasteiger partial charge in [-0.1, -0.05) is 6.42 Å². The van der Waals surface area contributed by atoms with Crippen molar-refractivity contribution in [3.8, 4) is 0 Å². The van der Waals surface area contributed by atoms with Crippen molar-refractivity contribution >= 4 is 11.8 Å². The minimum Gasteiger partial charge on any atom is -0.305 e. The molecule has 0 radical (unpaired) electrons.